The number of benzene rings is 2. The number of pyridine rings is 1. The van der Waals surface area contributed by atoms with Gasteiger partial charge >= 0.3 is 6.18 Å². The minimum Gasteiger partial charge on any atom is -0.848 e. The van der Waals surface area contributed by atoms with Gasteiger partial charge in [0.05, 0.1) is 11.3 Å². The molecule has 2 atom stereocenters. The Bertz CT molecular complexity index is 1140. The van der Waals surface area contributed by atoms with Gasteiger partial charge in [-0.25, -0.2) is 8.78 Å². The fourth-order valence-electron chi connectivity index (χ4n) is 4.45. The zero-order valence-corrected chi connectivity index (χ0v) is 18.2. The summed E-state index contributed by atoms with van der Waals surface area (Å²) < 4.78 is 68.8. The van der Waals surface area contributed by atoms with Gasteiger partial charge in [-0.1, -0.05) is 50.6 Å². The van der Waals surface area contributed by atoms with Crippen molar-refractivity contribution in [1.82, 2.24) is 4.98 Å². The summed E-state index contributed by atoms with van der Waals surface area (Å²) in [7, 11) is 0. The van der Waals surface area contributed by atoms with E-state index in [-0.39, 0.29) is 17.0 Å². The highest BCUT2D eigenvalue weighted by atomic mass is 19.4. The second-order valence-electron chi connectivity index (χ2n) is 8.67. The van der Waals surface area contributed by atoms with Crippen LogP contribution in [0, 0.1) is 5.82 Å². The summed E-state index contributed by atoms with van der Waals surface area (Å²) in [6, 6.07) is 9.40. The van der Waals surface area contributed by atoms with E-state index in [1.165, 1.54) is 24.3 Å². The number of nitrogens with zero attached hydrogens (tertiary/aromatic N) is 1. The molecule has 0 aliphatic heterocycles. The van der Waals surface area contributed by atoms with Crippen LogP contribution in [0.4, 0.5) is 22.0 Å². The fraction of sp³-hybridized carbons (Fsp3) is 0.346. The van der Waals surface area contributed by atoms with Crippen LogP contribution in [0.15, 0.2) is 48.5 Å². The van der Waals surface area contributed by atoms with E-state index >= 15 is 4.39 Å². The predicted octanol–water partition coefficient (Wildman–Crippen LogP) is 6.83. The number of hydrogen-bond acceptors (Lipinski definition) is 2. The lowest BCUT2D eigenvalue weighted by Gasteiger charge is -2.35. The van der Waals surface area contributed by atoms with Crippen LogP contribution in [0.5, 0.6) is 0 Å². The van der Waals surface area contributed by atoms with Gasteiger partial charge in [0.1, 0.15) is 5.82 Å². The van der Waals surface area contributed by atoms with E-state index in [1.807, 2.05) is 13.8 Å². The first-order valence-corrected chi connectivity index (χ1v) is 10.9. The molecule has 0 fully saturated rings. The van der Waals surface area contributed by atoms with Crippen molar-refractivity contribution in [3.63, 3.8) is 0 Å². The molecule has 0 saturated heterocycles. The Morgan fingerprint density at radius 3 is 2.21 bits per heavy atom. The van der Waals surface area contributed by atoms with Crippen molar-refractivity contribution >= 4 is 0 Å². The minimum atomic E-state index is -4.53. The van der Waals surface area contributed by atoms with E-state index in [1.54, 1.807) is 0 Å². The molecule has 3 aromatic rings. The average molecular weight is 460 g/mol. The Hall–Kier alpha value is -2.80. The Morgan fingerprint density at radius 1 is 1.00 bits per heavy atom. The van der Waals surface area contributed by atoms with Crippen molar-refractivity contribution in [3.8, 4) is 11.1 Å². The molecule has 0 radical (unpaired) electrons. The third-order valence-electron chi connectivity index (χ3n) is 6.05. The summed E-state index contributed by atoms with van der Waals surface area (Å²) in [5.41, 5.74) is 1.68. The molecule has 4 rings (SSSR count). The number of halogens is 5. The smallest absolute Gasteiger partial charge is 0.416 e. The molecule has 2 unspecified atom stereocenters. The maximum atomic E-state index is 16.1. The van der Waals surface area contributed by atoms with E-state index in [0.717, 1.165) is 24.3 Å². The SMILES string of the molecule is CC(C)c1nc2c(c(-c3ccc(F)cc3)c1C(F)c1ccc(C(F)(F)F)cc1)C([O-])CCC2. The third kappa shape index (κ3) is 4.51. The zero-order valence-electron chi connectivity index (χ0n) is 18.2. The molecule has 0 saturated carbocycles. The lowest BCUT2D eigenvalue weighted by Crippen LogP contribution is -2.25. The largest absolute Gasteiger partial charge is 0.848 e. The maximum absolute atomic E-state index is 16.1. The molecule has 0 bridgehead atoms. The van der Waals surface area contributed by atoms with Crippen molar-refractivity contribution in [2.75, 3.05) is 0 Å². The van der Waals surface area contributed by atoms with Crippen LogP contribution in [-0.2, 0) is 12.6 Å². The molecule has 0 spiro atoms. The second-order valence-corrected chi connectivity index (χ2v) is 8.67. The molecule has 2 nitrogen and oxygen atoms in total. The molecule has 1 heterocycles. The molecular formula is C26H23F5NO-. The van der Waals surface area contributed by atoms with Crippen LogP contribution in [0.2, 0.25) is 0 Å². The molecule has 33 heavy (non-hydrogen) atoms. The van der Waals surface area contributed by atoms with Crippen molar-refractivity contribution < 1.29 is 27.1 Å². The summed E-state index contributed by atoms with van der Waals surface area (Å²) in [6.07, 6.45) is -5.82. The highest BCUT2D eigenvalue weighted by Crippen LogP contribution is 2.45. The normalized spacial score (nSPS) is 17.2. The number of rotatable bonds is 4. The molecule has 1 aliphatic carbocycles. The first kappa shape index (κ1) is 23.4. The first-order chi connectivity index (χ1) is 15.6. The van der Waals surface area contributed by atoms with Gasteiger partial charge in [-0.3, -0.25) is 4.98 Å². The van der Waals surface area contributed by atoms with E-state index in [2.05, 4.69) is 4.98 Å². The van der Waals surface area contributed by atoms with Gasteiger partial charge in [-0.15, -0.1) is 0 Å². The van der Waals surface area contributed by atoms with Gasteiger partial charge in [0.15, 0.2) is 6.17 Å². The lowest BCUT2D eigenvalue weighted by atomic mass is 9.80. The zero-order chi connectivity index (χ0) is 23.9. The van der Waals surface area contributed by atoms with Crippen LogP contribution >= 0.6 is 0 Å². The third-order valence-corrected chi connectivity index (χ3v) is 6.05. The second kappa shape index (κ2) is 8.86. The van der Waals surface area contributed by atoms with E-state index in [0.29, 0.717) is 47.3 Å². The van der Waals surface area contributed by atoms with Crippen LogP contribution in [-0.4, -0.2) is 4.98 Å². The van der Waals surface area contributed by atoms with Crippen LogP contribution in [0.3, 0.4) is 0 Å². The van der Waals surface area contributed by atoms with Gasteiger partial charge in [0.2, 0.25) is 0 Å². The topological polar surface area (TPSA) is 36.0 Å². The van der Waals surface area contributed by atoms with Crippen LogP contribution < -0.4 is 5.11 Å². The number of alkyl halides is 4. The summed E-state index contributed by atoms with van der Waals surface area (Å²) >= 11 is 0. The molecule has 7 heteroatoms. The molecule has 1 aliphatic rings. The van der Waals surface area contributed by atoms with Crippen LogP contribution in [0.1, 0.15) is 78.5 Å². The van der Waals surface area contributed by atoms with Gasteiger partial charge in [0, 0.05) is 11.3 Å². The molecule has 174 valence electrons. The van der Waals surface area contributed by atoms with Gasteiger partial charge in [-0.05, 0) is 65.3 Å². The highest BCUT2D eigenvalue weighted by Gasteiger charge is 2.32. The Labute approximate surface area is 189 Å². The summed E-state index contributed by atoms with van der Waals surface area (Å²) in [6.45, 7) is 3.70. The van der Waals surface area contributed by atoms with E-state index < -0.39 is 29.8 Å². The van der Waals surface area contributed by atoms with Crippen LogP contribution in [0.25, 0.3) is 11.1 Å². The van der Waals surface area contributed by atoms with E-state index in [9.17, 15) is 22.7 Å². The average Bonchev–Trinajstić information content (AvgIpc) is 2.77. The predicted molar refractivity (Wildman–Crippen MR) is 114 cm³/mol. The monoisotopic (exact) mass is 460 g/mol. The van der Waals surface area contributed by atoms with E-state index in [4.69, 9.17) is 0 Å². The first-order valence-electron chi connectivity index (χ1n) is 10.9. The molecule has 2 aromatic carbocycles. The van der Waals surface area contributed by atoms with Gasteiger partial charge < -0.3 is 5.11 Å². The van der Waals surface area contributed by atoms with Crippen molar-refractivity contribution in [2.45, 2.75) is 57.5 Å². The van der Waals surface area contributed by atoms with Crippen molar-refractivity contribution in [3.05, 3.63) is 88.0 Å². The maximum Gasteiger partial charge on any atom is 0.416 e. The Morgan fingerprint density at radius 2 is 1.64 bits per heavy atom. The lowest BCUT2D eigenvalue weighted by molar-refractivity contribution is -0.429. The molecule has 0 amide bonds. The molecule has 1 aromatic heterocycles. The molecule has 0 N–H and O–H groups in total. The standard InChI is InChI=1S/C26H23F5NO/c1-14(2)25-23(24(28)16-6-10-17(11-7-16)26(29,30)31)21(15-8-12-18(27)13-9-15)22-19(32-25)4-3-5-20(22)33/h6-14,20,24H,3-5H2,1-2H3/q-1. The molecular weight excluding hydrogens is 437 g/mol. The summed E-state index contributed by atoms with van der Waals surface area (Å²) in [5, 5.41) is 13.0. The quantitative estimate of drug-likeness (QED) is 0.400. The van der Waals surface area contributed by atoms with Crippen molar-refractivity contribution in [1.29, 1.82) is 0 Å². The highest BCUT2D eigenvalue weighted by molar-refractivity contribution is 5.75. The Balaban J connectivity index is 1.97. The summed E-state index contributed by atoms with van der Waals surface area (Å²) in [4.78, 5) is 4.68. The Kier molecular flexibility index (Phi) is 6.27. The number of aromatic nitrogens is 1. The minimum absolute atomic E-state index is 0.0354. The van der Waals surface area contributed by atoms with Crippen molar-refractivity contribution in [2.24, 2.45) is 0 Å². The fourth-order valence-corrected chi connectivity index (χ4v) is 4.45. The van der Waals surface area contributed by atoms with Gasteiger partial charge in [-0.2, -0.15) is 13.2 Å². The number of fused-ring (bicyclic) bond motifs is 1. The number of hydrogen-bond donors (Lipinski definition) is 0. The summed E-state index contributed by atoms with van der Waals surface area (Å²) in [5.74, 6) is -0.672. The number of aryl methyl sites for hydroxylation is 1. The van der Waals surface area contributed by atoms with Gasteiger partial charge in [0.25, 0.3) is 0 Å².